The normalized spacial score (nSPS) is 14.2. The quantitative estimate of drug-likeness (QED) is 0.362. The van der Waals surface area contributed by atoms with E-state index in [1.807, 2.05) is 17.1 Å². The van der Waals surface area contributed by atoms with Crippen LogP contribution in [0.15, 0.2) is 47.8 Å². The zero-order chi connectivity index (χ0) is 23.4. The molecule has 0 atom stereocenters. The maximum Gasteiger partial charge on any atom is 0.267 e. The summed E-state index contributed by atoms with van der Waals surface area (Å²) in [6, 6.07) is 11.5. The van der Waals surface area contributed by atoms with E-state index in [-0.39, 0.29) is 11.5 Å². The summed E-state index contributed by atoms with van der Waals surface area (Å²) >= 11 is 21.8. The third kappa shape index (κ3) is 6.23. The van der Waals surface area contributed by atoms with Gasteiger partial charge < -0.3 is 10.6 Å². The van der Waals surface area contributed by atoms with Crippen LogP contribution >= 0.6 is 57.9 Å². The van der Waals surface area contributed by atoms with Crippen LogP contribution in [0.2, 0.25) is 15.1 Å². The van der Waals surface area contributed by atoms with Crippen LogP contribution in [0.25, 0.3) is 0 Å². The molecule has 3 aromatic rings. The molecule has 172 valence electrons. The highest BCUT2D eigenvalue weighted by atomic mass is 35.5. The molecule has 2 heterocycles. The van der Waals surface area contributed by atoms with E-state index < -0.39 is 5.91 Å². The molecule has 0 spiro atoms. The molecule has 2 aromatic carbocycles. The molecule has 2 amide bonds. The topological polar surface area (TPSA) is 61.4 Å². The Morgan fingerprint density at radius 1 is 0.909 bits per heavy atom. The fourth-order valence-electron chi connectivity index (χ4n) is 3.36. The van der Waals surface area contributed by atoms with Gasteiger partial charge in [-0.1, -0.05) is 34.8 Å². The first-order chi connectivity index (χ1) is 15.9. The van der Waals surface area contributed by atoms with E-state index >= 15 is 0 Å². The highest BCUT2D eigenvalue weighted by molar-refractivity contribution is 7.99. The number of thiophene rings is 1. The Hall–Kier alpha value is -1.74. The van der Waals surface area contributed by atoms with Gasteiger partial charge in [-0.3, -0.25) is 14.5 Å². The zero-order valence-electron chi connectivity index (χ0n) is 17.4. The number of anilines is 2. The van der Waals surface area contributed by atoms with Crippen LogP contribution in [0.1, 0.15) is 25.6 Å². The molecule has 10 heteroatoms. The lowest BCUT2D eigenvalue weighted by atomic mass is 10.1. The minimum absolute atomic E-state index is 0.240. The maximum atomic E-state index is 13.0. The van der Waals surface area contributed by atoms with Crippen LogP contribution < -0.4 is 10.6 Å². The number of benzene rings is 2. The molecule has 5 nitrogen and oxygen atoms in total. The van der Waals surface area contributed by atoms with Gasteiger partial charge in [0.05, 0.1) is 16.3 Å². The van der Waals surface area contributed by atoms with Gasteiger partial charge in [-0.2, -0.15) is 11.8 Å². The van der Waals surface area contributed by atoms with Crippen LogP contribution in [0.5, 0.6) is 0 Å². The number of hydrogen-bond acceptors (Lipinski definition) is 5. The Kier molecular flexibility index (Phi) is 8.22. The molecule has 0 bridgehead atoms. The largest absolute Gasteiger partial charge is 0.322 e. The first-order valence-corrected chi connectivity index (χ1v) is 13.3. The Labute approximate surface area is 215 Å². The second kappa shape index (κ2) is 11.1. The second-order valence-electron chi connectivity index (χ2n) is 7.40. The molecule has 0 radical (unpaired) electrons. The molecule has 1 aromatic heterocycles. The van der Waals surface area contributed by atoms with Crippen molar-refractivity contribution in [1.29, 1.82) is 0 Å². The lowest BCUT2D eigenvalue weighted by Crippen LogP contribution is -2.31. The van der Waals surface area contributed by atoms with Crippen molar-refractivity contribution < 1.29 is 9.59 Å². The standard InChI is InChI=1S/C23H20Cl3N3O2S2/c24-15-1-4-17(5-2-15)27-22(30)18-11-16(25)3-6-19(18)28-23(31)21-20(26)14(13-33-21)12-29-7-9-32-10-8-29/h1-6,11,13H,7-10,12H2,(H,27,30)(H,28,31). The van der Waals surface area contributed by atoms with Crippen LogP contribution in [0.4, 0.5) is 11.4 Å². The van der Waals surface area contributed by atoms with Crippen molar-refractivity contribution in [1.82, 2.24) is 4.90 Å². The molecule has 2 N–H and O–H groups in total. The summed E-state index contributed by atoms with van der Waals surface area (Å²) in [7, 11) is 0. The lowest BCUT2D eigenvalue weighted by molar-refractivity contribution is 0.102. The number of hydrogen-bond donors (Lipinski definition) is 2. The number of amides is 2. The highest BCUT2D eigenvalue weighted by Gasteiger charge is 2.21. The SMILES string of the molecule is O=C(Nc1ccc(Cl)cc1)c1cc(Cl)ccc1NC(=O)c1scc(CN2CCSCC2)c1Cl. The molecular formula is C23H20Cl3N3O2S2. The van der Waals surface area contributed by atoms with E-state index in [0.717, 1.165) is 36.7 Å². The van der Waals surface area contributed by atoms with Crippen LogP contribution in [-0.2, 0) is 6.54 Å². The number of rotatable bonds is 6. The number of carbonyl (C=O) groups excluding carboxylic acids is 2. The van der Waals surface area contributed by atoms with E-state index in [4.69, 9.17) is 34.8 Å². The van der Waals surface area contributed by atoms with E-state index in [1.165, 1.54) is 17.4 Å². The van der Waals surface area contributed by atoms with Gasteiger partial charge in [0.25, 0.3) is 11.8 Å². The monoisotopic (exact) mass is 539 g/mol. The molecule has 0 aliphatic carbocycles. The summed E-state index contributed by atoms with van der Waals surface area (Å²) in [6.45, 7) is 2.74. The molecular weight excluding hydrogens is 521 g/mol. The average molecular weight is 541 g/mol. The van der Waals surface area contributed by atoms with Gasteiger partial charge in [0.2, 0.25) is 0 Å². The van der Waals surface area contributed by atoms with Gasteiger partial charge in [-0.15, -0.1) is 11.3 Å². The third-order valence-corrected chi connectivity index (χ3v) is 8.08. The Morgan fingerprint density at radius 2 is 1.61 bits per heavy atom. The highest BCUT2D eigenvalue weighted by Crippen LogP contribution is 2.31. The maximum absolute atomic E-state index is 13.0. The molecule has 1 aliphatic heterocycles. The minimum Gasteiger partial charge on any atom is -0.322 e. The van der Waals surface area contributed by atoms with Crippen molar-refractivity contribution in [3.8, 4) is 0 Å². The molecule has 0 saturated carbocycles. The fourth-order valence-corrected chi connectivity index (χ4v) is 5.88. The van der Waals surface area contributed by atoms with Crippen molar-refractivity contribution in [2.24, 2.45) is 0 Å². The Bertz CT molecular complexity index is 1160. The zero-order valence-corrected chi connectivity index (χ0v) is 21.3. The summed E-state index contributed by atoms with van der Waals surface area (Å²) < 4.78 is 0. The van der Waals surface area contributed by atoms with Gasteiger partial charge in [-0.25, -0.2) is 0 Å². The predicted octanol–water partition coefficient (Wildman–Crippen LogP) is 6.76. The fraction of sp³-hybridized carbons (Fsp3) is 0.217. The van der Waals surface area contributed by atoms with Crippen LogP contribution in [0, 0.1) is 0 Å². The lowest BCUT2D eigenvalue weighted by Gasteiger charge is -2.25. The molecule has 1 saturated heterocycles. The van der Waals surface area contributed by atoms with Crippen LogP contribution in [-0.4, -0.2) is 41.3 Å². The van der Waals surface area contributed by atoms with Crippen molar-refractivity contribution in [2.45, 2.75) is 6.54 Å². The van der Waals surface area contributed by atoms with Gasteiger partial charge in [0, 0.05) is 46.9 Å². The number of carbonyl (C=O) groups is 2. The second-order valence-corrected chi connectivity index (χ2v) is 10.8. The smallest absolute Gasteiger partial charge is 0.267 e. The van der Waals surface area contributed by atoms with Crippen molar-refractivity contribution in [2.75, 3.05) is 35.2 Å². The van der Waals surface area contributed by atoms with Gasteiger partial charge in [0.1, 0.15) is 4.88 Å². The first-order valence-electron chi connectivity index (χ1n) is 10.1. The number of thioether (sulfide) groups is 1. The molecule has 1 aliphatic rings. The summed E-state index contributed by atoms with van der Waals surface area (Å²) in [5.41, 5.74) is 2.10. The summed E-state index contributed by atoms with van der Waals surface area (Å²) in [4.78, 5) is 28.7. The summed E-state index contributed by atoms with van der Waals surface area (Å²) in [5.74, 6) is 1.43. The van der Waals surface area contributed by atoms with E-state index in [0.29, 0.717) is 31.3 Å². The van der Waals surface area contributed by atoms with Gasteiger partial charge in [0.15, 0.2) is 0 Å². The molecule has 1 fully saturated rings. The number of nitrogens with zero attached hydrogens (tertiary/aromatic N) is 1. The minimum atomic E-state index is -0.406. The van der Waals surface area contributed by atoms with Crippen molar-refractivity contribution in [3.63, 3.8) is 0 Å². The van der Waals surface area contributed by atoms with E-state index in [9.17, 15) is 9.59 Å². The van der Waals surface area contributed by atoms with E-state index in [1.54, 1.807) is 36.4 Å². The Balaban J connectivity index is 1.50. The molecule has 0 unspecified atom stereocenters. The predicted molar refractivity (Wildman–Crippen MR) is 141 cm³/mol. The van der Waals surface area contributed by atoms with Crippen molar-refractivity contribution in [3.05, 3.63) is 78.9 Å². The third-order valence-electron chi connectivity index (χ3n) is 5.08. The Morgan fingerprint density at radius 3 is 2.33 bits per heavy atom. The molecule has 4 rings (SSSR count). The average Bonchev–Trinajstić information content (AvgIpc) is 3.17. The van der Waals surface area contributed by atoms with Gasteiger partial charge >= 0.3 is 0 Å². The summed E-state index contributed by atoms with van der Waals surface area (Å²) in [5, 5.41) is 8.93. The van der Waals surface area contributed by atoms with Gasteiger partial charge in [-0.05, 0) is 53.4 Å². The summed E-state index contributed by atoms with van der Waals surface area (Å²) in [6.07, 6.45) is 0. The van der Waals surface area contributed by atoms with E-state index in [2.05, 4.69) is 15.5 Å². The molecule has 33 heavy (non-hydrogen) atoms. The van der Waals surface area contributed by atoms with Crippen LogP contribution in [0.3, 0.4) is 0 Å². The number of nitrogens with one attached hydrogen (secondary N) is 2. The first kappa shape index (κ1) is 24.4. The number of halogens is 3. The van der Waals surface area contributed by atoms with Crippen molar-refractivity contribution >= 4 is 81.1 Å².